The fraction of sp³-hybridized carbons (Fsp3) is 0.0556. The predicted octanol–water partition coefficient (Wildman–Crippen LogP) is 3.75. The second-order valence-corrected chi connectivity index (χ2v) is 7.21. The molecule has 0 saturated heterocycles. The van der Waals surface area contributed by atoms with Crippen LogP contribution >= 0.6 is 27.7 Å². The predicted molar refractivity (Wildman–Crippen MR) is 104 cm³/mol. The molecule has 1 aliphatic heterocycles. The fourth-order valence-electron chi connectivity index (χ4n) is 2.24. The highest BCUT2D eigenvalue weighted by atomic mass is 79.9. The van der Waals surface area contributed by atoms with E-state index in [1.807, 2.05) is 0 Å². The number of nitrogens with two attached hydrogens (primary N) is 1. The summed E-state index contributed by atoms with van der Waals surface area (Å²) in [5.74, 6) is -1.10. The summed E-state index contributed by atoms with van der Waals surface area (Å²) in [7, 11) is 1.42. The molecule has 1 amide bonds. The van der Waals surface area contributed by atoms with Crippen LogP contribution in [0.5, 0.6) is 11.5 Å². The molecule has 0 unspecified atom stereocenters. The van der Waals surface area contributed by atoms with Gasteiger partial charge in [0.25, 0.3) is 5.91 Å². The van der Waals surface area contributed by atoms with Crippen LogP contribution in [0.3, 0.4) is 0 Å². The Morgan fingerprint density at radius 3 is 2.59 bits per heavy atom. The van der Waals surface area contributed by atoms with E-state index in [9.17, 15) is 14.0 Å². The fourth-order valence-corrected chi connectivity index (χ4v) is 3.46. The number of rotatable bonds is 4. The summed E-state index contributed by atoms with van der Waals surface area (Å²) in [6, 6.07) is 8.25. The maximum absolute atomic E-state index is 13.0. The van der Waals surface area contributed by atoms with Crippen LogP contribution in [0.2, 0.25) is 0 Å². The Labute approximate surface area is 166 Å². The van der Waals surface area contributed by atoms with Gasteiger partial charge in [-0.3, -0.25) is 4.79 Å². The van der Waals surface area contributed by atoms with Crippen molar-refractivity contribution in [3.8, 4) is 11.5 Å². The summed E-state index contributed by atoms with van der Waals surface area (Å²) >= 11 is 4.40. The van der Waals surface area contributed by atoms with Crippen molar-refractivity contribution in [2.75, 3.05) is 7.11 Å². The molecule has 0 atom stereocenters. The number of halogens is 2. The molecule has 138 valence electrons. The number of hydrogen-bond donors (Lipinski definition) is 1. The van der Waals surface area contributed by atoms with Gasteiger partial charge in [0.15, 0.2) is 16.7 Å². The van der Waals surface area contributed by atoms with Gasteiger partial charge in [-0.1, -0.05) is 0 Å². The van der Waals surface area contributed by atoms with E-state index >= 15 is 0 Å². The van der Waals surface area contributed by atoms with Gasteiger partial charge in [-0.15, -0.1) is 0 Å². The van der Waals surface area contributed by atoms with E-state index in [2.05, 4.69) is 20.9 Å². The van der Waals surface area contributed by atoms with Gasteiger partial charge >= 0.3 is 5.97 Å². The van der Waals surface area contributed by atoms with Crippen LogP contribution in [0.15, 0.2) is 50.8 Å². The first-order valence-corrected chi connectivity index (χ1v) is 9.11. The van der Waals surface area contributed by atoms with E-state index in [1.165, 1.54) is 31.4 Å². The smallest absolute Gasteiger partial charge is 0.343 e. The second kappa shape index (κ2) is 7.93. The van der Waals surface area contributed by atoms with Gasteiger partial charge in [0, 0.05) is 0 Å². The van der Waals surface area contributed by atoms with Crippen LogP contribution in [-0.2, 0) is 4.79 Å². The molecular formula is C18H12BrFN2O4S. The van der Waals surface area contributed by atoms with Gasteiger partial charge in [-0.05, 0) is 75.7 Å². The number of benzene rings is 2. The van der Waals surface area contributed by atoms with Crippen LogP contribution in [0.25, 0.3) is 6.08 Å². The third-order valence-electron chi connectivity index (χ3n) is 3.46. The highest BCUT2D eigenvalue weighted by Crippen LogP contribution is 2.38. The molecule has 0 spiro atoms. The van der Waals surface area contributed by atoms with Crippen molar-refractivity contribution in [1.82, 2.24) is 0 Å². The molecule has 9 heteroatoms. The average molecular weight is 451 g/mol. The maximum atomic E-state index is 13.0. The van der Waals surface area contributed by atoms with E-state index in [0.717, 1.165) is 11.8 Å². The minimum atomic E-state index is -0.664. The molecule has 0 aromatic heterocycles. The summed E-state index contributed by atoms with van der Waals surface area (Å²) < 4.78 is 24.1. The molecule has 2 aromatic rings. The molecule has 0 aliphatic carbocycles. The van der Waals surface area contributed by atoms with Gasteiger partial charge in [0.05, 0.1) is 22.1 Å². The normalized spacial score (nSPS) is 15.0. The Morgan fingerprint density at radius 1 is 1.30 bits per heavy atom. The Hall–Kier alpha value is -2.65. The lowest BCUT2D eigenvalue weighted by Crippen LogP contribution is -2.10. The highest BCUT2D eigenvalue weighted by molar-refractivity contribution is 9.10. The first-order chi connectivity index (χ1) is 12.9. The third-order valence-corrected chi connectivity index (χ3v) is 4.86. The number of carbonyl (C=O) groups is 2. The van der Waals surface area contributed by atoms with E-state index in [1.54, 1.807) is 18.2 Å². The first-order valence-electron chi connectivity index (χ1n) is 7.50. The molecule has 0 fully saturated rings. The van der Waals surface area contributed by atoms with Crippen molar-refractivity contribution < 1.29 is 23.5 Å². The van der Waals surface area contributed by atoms with E-state index in [-0.39, 0.29) is 22.2 Å². The summed E-state index contributed by atoms with van der Waals surface area (Å²) in [6.45, 7) is 0. The number of methoxy groups -OCH3 is 1. The Morgan fingerprint density at radius 2 is 2.00 bits per heavy atom. The summed E-state index contributed by atoms with van der Waals surface area (Å²) in [5, 5.41) is 0.183. The number of amidine groups is 1. The summed E-state index contributed by atoms with van der Waals surface area (Å²) in [4.78, 5) is 28.0. The largest absolute Gasteiger partial charge is 0.493 e. The van der Waals surface area contributed by atoms with Crippen LogP contribution in [0, 0.1) is 5.82 Å². The number of esters is 1. The van der Waals surface area contributed by atoms with Crippen LogP contribution in [-0.4, -0.2) is 24.2 Å². The Bertz CT molecular complexity index is 990. The monoisotopic (exact) mass is 450 g/mol. The number of nitrogens with zero attached hydrogens (tertiary/aromatic N) is 1. The summed E-state index contributed by atoms with van der Waals surface area (Å²) in [5.41, 5.74) is 6.35. The van der Waals surface area contributed by atoms with Gasteiger partial charge < -0.3 is 15.2 Å². The molecule has 27 heavy (non-hydrogen) atoms. The van der Waals surface area contributed by atoms with Gasteiger partial charge in [0.1, 0.15) is 5.82 Å². The molecule has 1 aliphatic rings. The second-order valence-electron chi connectivity index (χ2n) is 5.30. The number of amides is 1. The molecule has 2 aromatic carbocycles. The van der Waals surface area contributed by atoms with Gasteiger partial charge in [-0.2, -0.15) is 4.99 Å². The minimum absolute atomic E-state index is 0.162. The van der Waals surface area contributed by atoms with Crippen molar-refractivity contribution >= 4 is 50.8 Å². The lowest BCUT2D eigenvalue weighted by atomic mass is 10.1. The van der Waals surface area contributed by atoms with E-state index < -0.39 is 17.7 Å². The van der Waals surface area contributed by atoms with Gasteiger partial charge in [0.2, 0.25) is 0 Å². The topological polar surface area (TPSA) is 91.0 Å². The summed E-state index contributed by atoms with van der Waals surface area (Å²) in [6.07, 6.45) is 1.61. The molecule has 1 heterocycles. The highest BCUT2D eigenvalue weighted by Gasteiger charge is 2.21. The molecule has 0 saturated carbocycles. The third kappa shape index (κ3) is 4.37. The standard InChI is InChI=1S/C18H12BrFN2O4S/c1-25-13-7-9(8-14-16(23)22-18(21)27-14)6-12(19)15(13)26-17(24)10-2-4-11(20)5-3-10/h2-8H,1H3,(H2,21,22,23). The van der Waals surface area contributed by atoms with Crippen molar-refractivity contribution in [2.24, 2.45) is 10.7 Å². The van der Waals surface area contributed by atoms with E-state index in [0.29, 0.717) is 14.9 Å². The lowest BCUT2D eigenvalue weighted by molar-refractivity contribution is -0.113. The number of thioether (sulfide) groups is 1. The minimum Gasteiger partial charge on any atom is -0.493 e. The molecule has 2 N–H and O–H groups in total. The van der Waals surface area contributed by atoms with Crippen molar-refractivity contribution in [3.63, 3.8) is 0 Å². The van der Waals surface area contributed by atoms with Crippen LogP contribution in [0.1, 0.15) is 15.9 Å². The maximum Gasteiger partial charge on any atom is 0.343 e. The molecule has 0 bridgehead atoms. The zero-order chi connectivity index (χ0) is 19.6. The van der Waals surface area contributed by atoms with Crippen molar-refractivity contribution in [2.45, 2.75) is 0 Å². The van der Waals surface area contributed by atoms with Crippen LogP contribution in [0.4, 0.5) is 4.39 Å². The zero-order valence-corrected chi connectivity index (χ0v) is 16.3. The van der Waals surface area contributed by atoms with Crippen molar-refractivity contribution in [1.29, 1.82) is 0 Å². The first kappa shape index (κ1) is 19.1. The SMILES string of the molecule is COc1cc(C=C2SC(N)=NC2=O)cc(Br)c1OC(=O)c1ccc(F)cc1. The lowest BCUT2D eigenvalue weighted by Gasteiger charge is -2.12. The molecule has 3 rings (SSSR count). The van der Waals surface area contributed by atoms with E-state index in [4.69, 9.17) is 15.2 Å². The van der Waals surface area contributed by atoms with Crippen LogP contribution < -0.4 is 15.2 Å². The average Bonchev–Trinajstić information content (AvgIpc) is 2.94. The zero-order valence-electron chi connectivity index (χ0n) is 13.9. The van der Waals surface area contributed by atoms with Crippen molar-refractivity contribution in [3.05, 3.63) is 62.7 Å². The number of ether oxygens (including phenoxy) is 2. The number of aliphatic imine (C=N–C) groups is 1. The Balaban J connectivity index is 1.88. The number of carbonyl (C=O) groups excluding carboxylic acids is 2. The Kier molecular flexibility index (Phi) is 5.62. The van der Waals surface area contributed by atoms with Gasteiger partial charge in [-0.25, -0.2) is 9.18 Å². The molecular weight excluding hydrogens is 439 g/mol. The quantitative estimate of drug-likeness (QED) is 0.433. The molecule has 6 nitrogen and oxygen atoms in total. The molecule has 0 radical (unpaired) electrons. The number of hydrogen-bond acceptors (Lipinski definition) is 6.